The maximum atomic E-state index is 11.1. The predicted molar refractivity (Wildman–Crippen MR) is 53.2 cm³/mol. The molecule has 1 fully saturated rings. The van der Waals surface area contributed by atoms with Crippen molar-refractivity contribution < 1.29 is 9.47 Å². The molecule has 0 radical (unpaired) electrons. The second-order valence-corrected chi connectivity index (χ2v) is 3.45. The SMILES string of the molecule is Cc1cc(N2CCOCC2)cc[n+]1[O-]. The van der Waals surface area contributed by atoms with E-state index in [-0.39, 0.29) is 0 Å². The highest BCUT2D eigenvalue weighted by Crippen LogP contribution is 2.14. The van der Waals surface area contributed by atoms with Crippen molar-refractivity contribution in [2.24, 2.45) is 0 Å². The van der Waals surface area contributed by atoms with E-state index in [0.717, 1.165) is 42.4 Å². The Morgan fingerprint density at radius 2 is 2.14 bits per heavy atom. The Bertz CT molecular complexity index is 322. The minimum absolute atomic E-state index is 0.731. The van der Waals surface area contributed by atoms with Crippen LogP contribution in [0, 0.1) is 12.1 Å². The average Bonchev–Trinajstić information content (AvgIpc) is 2.23. The molecule has 0 unspecified atom stereocenters. The number of rotatable bonds is 1. The van der Waals surface area contributed by atoms with E-state index in [0.29, 0.717) is 0 Å². The largest absolute Gasteiger partial charge is 0.619 e. The molecule has 0 bridgehead atoms. The van der Waals surface area contributed by atoms with E-state index in [4.69, 9.17) is 4.74 Å². The third-order valence-electron chi connectivity index (χ3n) is 2.46. The molecule has 14 heavy (non-hydrogen) atoms. The van der Waals surface area contributed by atoms with Gasteiger partial charge in [-0.2, -0.15) is 4.73 Å². The summed E-state index contributed by atoms with van der Waals surface area (Å²) in [5.41, 5.74) is 1.84. The Morgan fingerprint density at radius 1 is 1.43 bits per heavy atom. The van der Waals surface area contributed by atoms with E-state index in [9.17, 15) is 5.21 Å². The number of hydrogen-bond acceptors (Lipinski definition) is 3. The first-order valence-corrected chi connectivity index (χ1v) is 4.80. The topological polar surface area (TPSA) is 39.4 Å². The van der Waals surface area contributed by atoms with Crippen LogP contribution in [0.15, 0.2) is 18.3 Å². The van der Waals surface area contributed by atoms with Crippen molar-refractivity contribution in [3.8, 4) is 0 Å². The van der Waals surface area contributed by atoms with Gasteiger partial charge in [-0.1, -0.05) is 0 Å². The quantitative estimate of drug-likeness (QED) is 0.482. The molecule has 0 atom stereocenters. The van der Waals surface area contributed by atoms with E-state index < -0.39 is 0 Å². The van der Waals surface area contributed by atoms with Crippen LogP contribution in [0.5, 0.6) is 0 Å². The predicted octanol–water partition coefficient (Wildman–Crippen LogP) is 0.465. The Morgan fingerprint density at radius 3 is 2.79 bits per heavy atom. The lowest BCUT2D eigenvalue weighted by atomic mass is 10.3. The number of anilines is 1. The first-order chi connectivity index (χ1) is 6.77. The fraction of sp³-hybridized carbons (Fsp3) is 0.500. The molecular formula is C10H14N2O2. The molecule has 0 saturated carbocycles. The second-order valence-electron chi connectivity index (χ2n) is 3.45. The lowest BCUT2D eigenvalue weighted by molar-refractivity contribution is -0.612. The summed E-state index contributed by atoms with van der Waals surface area (Å²) in [4.78, 5) is 2.23. The van der Waals surface area contributed by atoms with Crippen LogP contribution in [0.1, 0.15) is 5.69 Å². The highest BCUT2D eigenvalue weighted by Gasteiger charge is 2.12. The van der Waals surface area contributed by atoms with Crippen LogP contribution in [0.25, 0.3) is 0 Å². The van der Waals surface area contributed by atoms with Gasteiger partial charge in [-0.25, -0.2) is 0 Å². The van der Waals surface area contributed by atoms with Gasteiger partial charge in [0, 0.05) is 37.8 Å². The third kappa shape index (κ3) is 1.80. The fourth-order valence-electron chi connectivity index (χ4n) is 1.61. The first-order valence-electron chi connectivity index (χ1n) is 4.80. The van der Waals surface area contributed by atoms with Crippen molar-refractivity contribution in [1.82, 2.24) is 0 Å². The molecule has 4 nitrogen and oxygen atoms in total. The van der Waals surface area contributed by atoms with Gasteiger partial charge < -0.3 is 14.8 Å². The number of aromatic nitrogens is 1. The van der Waals surface area contributed by atoms with E-state index in [1.807, 2.05) is 19.1 Å². The molecular weight excluding hydrogens is 180 g/mol. The van der Waals surface area contributed by atoms with E-state index >= 15 is 0 Å². The fourth-order valence-corrected chi connectivity index (χ4v) is 1.61. The zero-order chi connectivity index (χ0) is 9.97. The molecule has 4 heteroatoms. The number of aryl methyl sites for hydroxylation is 1. The molecule has 0 aliphatic carbocycles. The lowest BCUT2D eigenvalue weighted by Gasteiger charge is -2.28. The van der Waals surface area contributed by atoms with Crippen LogP contribution in [-0.4, -0.2) is 26.3 Å². The second kappa shape index (κ2) is 3.84. The number of ether oxygens (including phenoxy) is 1. The molecule has 2 heterocycles. The zero-order valence-electron chi connectivity index (χ0n) is 8.27. The standard InChI is InChI=1S/C10H14N2O2/c1-9-8-10(2-3-12(9)13)11-4-6-14-7-5-11/h2-3,8H,4-7H2,1H3. The molecule has 1 aliphatic rings. The Labute approximate surface area is 83.3 Å². The van der Waals surface area contributed by atoms with Crippen molar-refractivity contribution in [2.45, 2.75) is 6.92 Å². The molecule has 0 amide bonds. The maximum absolute atomic E-state index is 11.1. The van der Waals surface area contributed by atoms with Crippen LogP contribution in [0.4, 0.5) is 5.69 Å². The number of hydrogen-bond donors (Lipinski definition) is 0. The number of nitrogens with zero attached hydrogens (tertiary/aromatic N) is 2. The Kier molecular flexibility index (Phi) is 2.54. The summed E-state index contributed by atoms with van der Waals surface area (Å²) in [5.74, 6) is 0. The maximum Gasteiger partial charge on any atom is 0.191 e. The average molecular weight is 194 g/mol. The van der Waals surface area contributed by atoms with E-state index in [1.165, 1.54) is 0 Å². The molecule has 76 valence electrons. The number of pyridine rings is 1. The summed E-state index contributed by atoms with van der Waals surface area (Å²) in [7, 11) is 0. The van der Waals surface area contributed by atoms with Gasteiger partial charge in [0.15, 0.2) is 11.9 Å². The smallest absolute Gasteiger partial charge is 0.191 e. The van der Waals surface area contributed by atoms with Crippen LogP contribution in [0.2, 0.25) is 0 Å². The van der Waals surface area contributed by atoms with Crippen LogP contribution < -0.4 is 9.63 Å². The summed E-state index contributed by atoms with van der Waals surface area (Å²) in [5, 5.41) is 11.1. The minimum Gasteiger partial charge on any atom is -0.619 e. The summed E-state index contributed by atoms with van der Waals surface area (Å²) in [6.45, 7) is 5.16. The molecule has 0 spiro atoms. The van der Waals surface area contributed by atoms with Crippen molar-refractivity contribution in [3.63, 3.8) is 0 Å². The molecule has 1 aromatic rings. The minimum atomic E-state index is 0.731. The molecule has 0 N–H and O–H groups in total. The molecule has 1 saturated heterocycles. The molecule has 0 aromatic carbocycles. The van der Waals surface area contributed by atoms with E-state index in [1.54, 1.807) is 6.20 Å². The van der Waals surface area contributed by atoms with Crippen LogP contribution in [-0.2, 0) is 4.74 Å². The van der Waals surface area contributed by atoms with Crippen LogP contribution >= 0.6 is 0 Å². The van der Waals surface area contributed by atoms with E-state index in [2.05, 4.69) is 4.90 Å². The van der Waals surface area contributed by atoms with Gasteiger partial charge in [0.2, 0.25) is 0 Å². The number of morpholine rings is 1. The highest BCUT2D eigenvalue weighted by atomic mass is 16.5. The van der Waals surface area contributed by atoms with Crippen molar-refractivity contribution in [1.29, 1.82) is 0 Å². The summed E-state index contributed by atoms with van der Waals surface area (Å²) >= 11 is 0. The van der Waals surface area contributed by atoms with Gasteiger partial charge in [0.05, 0.1) is 13.2 Å². The van der Waals surface area contributed by atoms with Gasteiger partial charge in [0.25, 0.3) is 0 Å². The van der Waals surface area contributed by atoms with Crippen molar-refractivity contribution in [2.75, 3.05) is 31.2 Å². The van der Waals surface area contributed by atoms with Gasteiger partial charge in [-0.3, -0.25) is 0 Å². The van der Waals surface area contributed by atoms with Gasteiger partial charge in [-0.15, -0.1) is 0 Å². The van der Waals surface area contributed by atoms with Gasteiger partial charge in [-0.05, 0) is 0 Å². The normalized spacial score (nSPS) is 17.1. The van der Waals surface area contributed by atoms with Crippen molar-refractivity contribution in [3.05, 3.63) is 29.2 Å². The zero-order valence-corrected chi connectivity index (χ0v) is 8.27. The van der Waals surface area contributed by atoms with Gasteiger partial charge >= 0.3 is 0 Å². The molecule has 1 aromatic heterocycles. The van der Waals surface area contributed by atoms with Crippen molar-refractivity contribution >= 4 is 5.69 Å². The highest BCUT2D eigenvalue weighted by molar-refractivity contribution is 5.45. The van der Waals surface area contributed by atoms with Crippen LogP contribution in [0.3, 0.4) is 0 Å². The summed E-state index contributed by atoms with van der Waals surface area (Å²) in [6, 6.07) is 3.77. The lowest BCUT2D eigenvalue weighted by Crippen LogP contribution is -2.37. The molecule has 1 aliphatic heterocycles. The Hall–Kier alpha value is -1.29. The molecule has 2 rings (SSSR count). The summed E-state index contributed by atoms with van der Waals surface area (Å²) < 4.78 is 6.15. The van der Waals surface area contributed by atoms with Gasteiger partial charge in [0.1, 0.15) is 0 Å². The monoisotopic (exact) mass is 194 g/mol. The third-order valence-corrected chi connectivity index (χ3v) is 2.46. The summed E-state index contributed by atoms with van der Waals surface area (Å²) in [6.07, 6.45) is 1.56. The first kappa shape index (κ1) is 9.27. The Balaban J connectivity index is 2.18.